The van der Waals surface area contributed by atoms with Crippen molar-refractivity contribution in [2.75, 3.05) is 0 Å². The SMILES string of the molecule is CC(=O)N1Cc2ccccc2CN(C(C)=O)Cc2ccccc2C1. The number of fused-ring (bicyclic) bond motifs is 2. The van der Waals surface area contributed by atoms with Gasteiger partial charge in [-0.25, -0.2) is 0 Å². The molecule has 4 nitrogen and oxygen atoms in total. The van der Waals surface area contributed by atoms with Crippen LogP contribution in [0.25, 0.3) is 0 Å². The van der Waals surface area contributed by atoms with Gasteiger partial charge in [-0.3, -0.25) is 9.59 Å². The van der Waals surface area contributed by atoms with Crippen LogP contribution in [0.2, 0.25) is 0 Å². The molecular formula is C20H22N2O2. The van der Waals surface area contributed by atoms with E-state index in [1.54, 1.807) is 13.8 Å². The van der Waals surface area contributed by atoms with E-state index >= 15 is 0 Å². The van der Waals surface area contributed by atoms with Gasteiger partial charge in [-0.05, 0) is 22.3 Å². The van der Waals surface area contributed by atoms with Gasteiger partial charge in [0, 0.05) is 40.0 Å². The van der Waals surface area contributed by atoms with E-state index in [4.69, 9.17) is 0 Å². The predicted octanol–water partition coefficient (Wildman–Crippen LogP) is 3.10. The lowest BCUT2D eigenvalue weighted by atomic mass is 10.0. The van der Waals surface area contributed by atoms with Crippen molar-refractivity contribution < 1.29 is 9.59 Å². The van der Waals surface area contributed by atoms with Gasteiger partial charge in [-0.1, -0.05) is 48.5 Å². The Morgan fingerprint density at radius 2 is 0.875 bits per heavy atom. The van der Waals surface area contributed by atoms with Crippen molar-refractivity contribution in [1.82, 2.24) is 9.80 Å². The molecule has 0 bridgehead atoms. The largest absolute Gasteiger partial charge is 0.334 e. The minimum absolute atomic E-state index is 0.0589. The zero-order chi connectivity index (χ0) is 17.1. The highest BCUT2D eigenvalue weighted by Crippen LogP contribution is 2.22. The van der Waals surface area contributed by atoms with E-state index in [-0.39, 0.29) is 11.8 Å². The fraction of sp³-hybridized carbons (Fsp3) is 0.300. The van der Waals surface area contributed by atoms with E-state index in [0.717, 1.165) is 22.3 Å². The fourth-order valence-electron chi connectivity index (χ4n) is 3.11. The molecule has 0 N–H and O–H groups in total. The summed E-state index contributed by atoms with van der Waals surface area (Å²) in [6, 6.07) is 16.1. The van der Waals surface area contributed by atoms with Crippen LogP contribution in [0.4, 0.5) is 0 Å². The first-order valence-electron chi connectivity index (χ1n) is 8.19. The van der Waals surface area contributed by atoms with E-state index in [1.165, 1.54) is 0 Å². The number of rotatable bonds is 0. The molecule has 1 heterocycles. The summed E-state index contributed by atoms with van der Waals surface area (Å²) in [6.07, 6.45) is 0. The molecule has 2 aromatic rings. The van der Waals surface area contributed by atoms with Crippen LogP contribution in [-0.4, -0.2) is 21.6 Å². The summed E-state index contributed by atoms with van der Waals surface area (Å²) in [5.74, 6) is 0.118. The molecule has 0 fully saturated rings. The molecule has 0 unspecified atom stereocenters. The Balaban J connectivity index is 2.06. The Labute approximate surface area is 142 Å². The van der Waals surface area contributed by atoms with Crippen molar-refractivity contribution in [2.45, 2.75) is 40.0 Å². The quantitative estimate of drug-likeness (QED) is 0.748. The highest BCUT2D eigenvalue weighted by Gasteiger charge is 2.20. The van der Waals surface area contributed by atoms with Crippen molar-refractivity contribution in [3.8, 4) is 0 Å². The van der Waals surface area contributed by atoms with Crippen LogP contribution < -0.4 is 0 Å². The molecule has 124 valence electrons. The van der Waals surface area contributed by atoms with Crippen LogP contribution in [0.3, 0.4) is 0 Å². The topological polar surface area (TPSA) is 40.6 Å². The molecule has 2 aromatic carbocycles. The van der Waals surface area contributed by atoms with Crippen molar-refractivity contribution in [2.24, 2.45) is 0 Å². The van der Waals surface area contributed by atoms with E-state index in [9.17, 15) is 9.59 Å². The summed E-state index contributed by atoms with van der Waals surface area (Å²) in [5, 5.41) is 0. The van der Waals surface area contributed by atoms with Crippen LogP contribution >= 0.6 is 0 Å². The molecule has 0 aromatic heterocycles. The molecule has 0 aliphatic carbocycles. The lowest BCUT2D eigenvalue weighted by Gasteiger charge is -2.29. The van der Waals surface area contributed by atoms with Gasteiger partial charge in [0.25, 0.3) is 0 Å². The average Bonchev–Trinajstić information content (AvgIpc) is 2.56. The van der Waals surface area contributed by atoms with E-state index < -0.39 is 0 Å². The molecule has 0 saturated heterocycles. The Morgan fingerprint density at radius 3 is 1.08 bits per heavy atom. The van der Waals surface area contributed by atoms with Crippen LogP contribution in [0, 0.1) is 0 Å². The third-order valence-electron chi connectivity index (χ3n) is 4.57. The van der Waals surface area contributed by atoms with Gasteiger partial charge in [-0.15, -0.1) is 0 Å². The molecule has 0 spiro atoms. The van der Waals surface area contributed by atoms with Gasteiger partial charge in [-0.2, -0.15) is 0 Å². The van der Waals surface area contributed by atoms with Crippen molar-refractivity contribution in [3.63, 3.8) is 0 Å². The number of hydrogen-bond acceptors (Lipinski definition) is 2. The van der Waals surface area contributed by atoms with Gasteiger partial charge < -0.3 is 9.80 Å². The third kappa shape index (κ3) is 3.48. The smallest absolute Gasteiger partial charge is 0.220 e. The molecule has 0 radical (unpaired) electrons. The van der Waals surface area contributed by atoms with E-state index in [1.807, 2.05) is 58.3 Å². The first-order chi connectivity index (χ1) is 11.5. The molecule has 0 atom stereocenters. The van der Waals surface area contributed by atoms with Gasteiger partial charge in [0.15, 0.2) is 0 Å². The fourth-order valence-corrected chi connectivity index (χ4v) is 3.11. The zero-order valence-corrected chi connectivity index (χ0v) is 14.2. The molecule has 1 aliphatic rings. The number of amides is 2. The summed E-state index contributed by atoms with van der Waals surface area (Å²) in [5.41, 5.74) is 4.38. The number of hydrogen-bond donors (Lipinski definition) is 0. The highest BCUT2D eigenvalue weighted by molar-refractivity contribution is 5.74. The maximum absolute atomic E-state index is 12.1. The third-order valence-corrected chi connectivity index (χ3v) is 4.57. The summed E-state index contributed by atoms with van der Waals surface area (Å²) in [6.45, 7) is 5.46. The Morgan fingerprint density at radius 1 is 0.625 bits per heavy atom. The van der Waals surface area contributed by atoms with Crippen molar-refractivity contribution in [3.05, 3.63) is 70.8 Å². The van der Waals surface area contributed by atoms with Crippen LogP contribution in [-0.2, 0) is 35.8 Å². The summed E-state index contributed by atoms with van der Waals surface area (Å²) in [7, 11) is 0. The zero-order valence-electron chi connectivity index (χ0n) is 14.2. The standard InChI is InChI=1S/C20H22N2O2/c1-15(23)21-11-17-7-3-5-9-19(17)13-22(16(2)24)14-20-10-6-4-8-18(20)12-21/h3-10H,11-14H2,1-2H3. The molecule has 2 amide bonds. The number of benzene rings is 2. The van der Waals surface area contributed by atoms with Crippen molar-refractivity contribution >= 4 is 11.8 Å². The van der Waals surface area contributed by atoms with Crippen LogP contribution in [0.5, 0.6) is 0 Å². The summed E-state index contributed by atoms with van der Waals surface area (Å²) < 4.78 is 0. The first-order valence-corrected chi connectivity index (χ1v) is 8.19. The van der Waals surface area contributed by atoms with Gasteiger partial charge in [0.05, 0.1) is 0 Å². The first kappa shape index (κ1) is 16.2. The number of carbonyl (C=O) groups is 2. The average molecular weight is 322 g/mol. The maximum Gasteiger partial charge on any atom is 0.220 e. The highest BCUT2D eigenvalue weighted by atomic mass is 16.2. The Bertz CT molecular complexity index is 654. The molecule has 4 heteroatoms. The van der Waals surface area contributed by atoms with Gasteiger partial charge in [0.1, 0.15) is 0 Å². The molecule has 24 heavy (non-hydrogen) atoms. The van der Waals surface area contributed by atoms with Crippen LogP contribution in [0.1, 0.15) is 36.1 Å². The molecule has 1 aliphatic heterocycles. The molecule has 3 rings (SSSR count). The summed E-state index contributed by atoms with van der Waals surface area (Å²) in [4.78, 5) is 28.0. The summed E-state index contributed by atoms with van der Waals surface area (Å²) >= 11 is 0. The predicted molar refractivity (Wildman–Crippen MR) is 92.7 cm³/mol. The second-order valence-corrected chi connectivity index (χ2v) is 6.29. The minimum Gasteiger partial charge on any atom is -0.334 e. The Kier molecular flexibility index (Phi) is 4.65. The number of carbonyl (C=O) groups excluding carboxylic acids is 2. The molecule has 0 saturated carbocycles. The maximum atomic E-state index is 12.1. The van der Waals surface area contributed by atoms with Crippen molar-refractivity contribution in [1.29, 1.82) is 0 Å². The number of nitrogens with zero attached hydrogens (tertiary/aromatic N) is 2. The normalized spacial score (nSPS) is 14.6. The second kappa shape index (κ2) is 6.87. The lowest BCUT2D eigenvalue weighted by Crippen LogP contribution is -2.33. The molecular weight excluding hydrogens is 300 g/mol. The second-order valence-electron chi connectivity index (χ2n) is 6.29. The Hall–Kier alpha value is -2.62. The van der Waals surface area contributed by atoms with Gasteiger partial charge in [0.2, 0.25) is 11.8 Å². The monoisotopic (exact) mass is 322 g/mol. The van der Waals surface area contributed by atoms with E-state index in [0.29, 0.717) is 26.2 Å². The van der Waals surface area contributed by atoms with E-state index in [2.05, 4.69) is 0 Å². The van der Waals surface area contributed by atoms with Crippen LogP contribution in [0.15, 0.2) is 48.5 Å². The van der Waals surface area contributed by atoms with Gasteiger partial charge >= 0.3 is 0 Å². The lowest BCUT2D eigenvalue weighted by molar-refractivity contribution is -0.131. The minimum atomic E-state index is 0.0589.